The van der Waals surface area contributed by atoms with Crippen LogP contribution in [0.4, 0.5) is 0 Å². The van der Waals surface area contributed by atoms with Crippen molar-refractivity contribution in [2.45, 2.75) is 25.4 Å². The van der Waals surface area contributed by atoms with E-state index in [1.165, 1.54) is 16.8 Å². The number of aliphatic hydroxyl groups is 1. The molecule has 1 amide bonds. The van der Waals surface area contributed by atoms with Gasteiger partial charge in [-0.2, -0.15) is 0 Å². The highest BCUT2D eigenvalue weighted by atomic mass is 16.5. The number of hydrogen-bond donors (Lipinski definition) is 1. The second-order valence-corrected chi connectivity index (χ2v) is 6.20. The smallest absolute Gasteiger partial charge is 0.293 e. The third kappa shape index (κ3) is 2.68. The van der Waals surface area contributed by atoms with E-state index >= 15 is 0 Å². The molecule has 1 N–H and O–H groups in total. The van der Waals surface area contributed by atoms with Crippen molar-refractivity contribution >= 4 is 16.8 Å². The molecule has 0 radical (unpaired) electrons. The van der Waals surface area contributed by atoms with Crippen molar-refractivity contribution in [3.63, 3.8) is 0 Å². The van der Waals surface area contributed by atoms with E-state index in [1.54, 1.807) is 23.1 Å². The predicted molar refractivity (Wildman–Crippen MR) is 92.6 cm³/mol. The van der Waals surface area contributed by atoms with Crippen LogP contribution < -0.4 is 5.56 Å². The van der Waals surface area contributed by atoms with E-state index in [9.17, 15) is 14.7 Å². The fourth-order valence-electron chi connectivity index (χ4n) is 3.50. The Balaban J connectivity index is 1.83. The van der Waals surface area contributed by atoms with Gasteiger partial charge in [-0.3, -0.25) is 14.2 Å². The number of amides is 1. The van der Waals surface area contributed by atoms with Crippen molar-refractivity contribution in [1.82, 2.24) is 19.6 Å². The number of carbonyl (C=O) groups excluding carboxylic acids is 1. The molecular weight excluding hydrogens is 336 g/mol. The van der Waals surface area contributed by atoms with Crippen LogP contribution in [0.2, 0.25) is 0 Å². The maximum Gasteiger partial charge on any atom is 0.293 e. The fraction of sp³-hybridized carbons (Fsp3) is 0.333. The molecule has 2 aromatic heterocycles. The standard InChI is InChI=1S/C18H18N4O4/c23-11-10-22-16(20-13-5-2-1-4-12(13)17(22)24)14-6-3-9-21(14)18(25)15-7-8-19-26-15/h1-2,4-5,7-8,14,23H,3,6,9-11H2. The van der Waals surface area contributed by atoms with E-state index in [0.29, 0.717) is 29.7 Å². The molecule has 0 bridgehead atoms. The van der Waals surface area contributed by atoms with Crippen LogP contribution in [0, 0.1) is 0 Å². The summed E-state index contributed by atoms with van der Waals surface area (Å²) in [5.74, 6) is 0.379. The van der Waals surface area contributed by atoms with Crippen molar-refractivity contribution in [3.8, 4) is 0 Å². The van der Waals surface area contributed by atoms with Gasteiger partial charge in [0.15, 0.2) is 0 Å². The number of nitrogens with zero attached hydrogens (tertiary/aromatic N) is 4. The van der Waals surface area contributed by atoms with Gasteiger partial charge in [-0.05, 0) is 25.0 Å². The lowest BCUT2D eigenvalue weighted by atomic mass is 10.1. The molecule has 134 valence electrons. The first-order chi connectivity index (χ1) is 12.7. The summed E-state index contributed by atoms with van der Waals surface area (Å²) in [7, 11) is 0. The van der Waals surface area contributed by atoms with Gasteiger partial charge in [0.05, 0.1) is 36.3 Å². The van der Waals surface area contributed by atoms with Crippen LogP contribution in [0.3, 0.4) is 0 Å². The molecule has 1 aliphatic heterocycles. The molecule has 3 aromatic rings. The van der Waals surface area contributed by atoms with E-state index in [0.717, 1.165) is 6.42 Å². The highest BCUT2D eigenvalue weighted by molar-refractivity contribution is 5.91. The minimum atomic E-state index is -0.351. The van der Waals surface area contributed by atoms with E-state index in [1.807, 2.05) is 6.07 Å². The molecule has 8 nitrogen and oxygen atoms in total. The minimum Gasteiger partial charge on any atom is -0.395 e. The van der Waals surface area contributed by atoms with E-state index in [-0.39, 0.29) is 36.4 Å². The number of para-hydroxylation sites is 1. The van der Waals surface area contributed by atoms with Gasteiger partial charge in [0.2, 0.25) is 5.76 Å². The van der Waals surface area contributed by atoms with E-state index < -0.39 is 0 Å². The van der Waals surface area contributed by atoms with Gasteiger partial charge in [-0.1, -0.05) is 17.3 Å². The van der Waals surface area contributed by atoms with Gasteiger partial charge < -0.3 is 14.5 Å². The minimum absolute atomic E-state index is 0.132. The number of rotatable bonds is 4. The van der Waals surface area contributed by atoms with Gasteiger partial charge in [-0.25, -0.2) is 4.98 Å². The average molecular weight is 354 g/mol. The summed E-state index contributed by atoms with van der Waals surface area (Å²) in [6.07, 6.45) is 2.91. The van der Waals surface area contributed by atoms with Gasteiger partial charge in [0.25, 0.3) is 11.5 Å². The third-order valence-corrected chi connectivity index (χ3v) is 4.68. The van der Waals surface area contributed by atoms with E-state index in [4.69, 9.17) is 4.52 Å². The van der Waals surface area contributed by atoms with Crippen LogP contribution in [0.15, 0.2) is 45.8 Å². The largest absolute Gasteiger partial charge is 0.395 e. The molecular formula is C18H18N4O4. The maximum absolute atomic E-state index is 12.9. The quantitative estimate of drug-likeness (QED) is 0.759. The summed E-state index contributed by atoms with van der Waals surface area (Å²) >= 11 is 0. The second kappa shape index (κ2) is 6.72. The Kier molecular flexibility index (Phi) is 4.26. The number of hydrogen-bond acceptors (Lipinski definition) is 6. The van der Waals surface area contributed by atoms with Crippen LogP contribution in [-0.2, 0) is 6.54 Å². The zero-order valence-electron chi connectivity index (χ0n) is 14.0. The normalized spacial score (nSPS) is 17.1. The molecule has 4 rings (SSSR count). The zero-order chi connectivity index (χ0) is 18.1. The van der Waals surface area contributed by atoms with Crippen LogP contribution in [0.1, 0.15) is 35.3 Å². The third-order valence-electron chi connectivity index (χ3n) is 4.68. The molecule has 1 aromatic carbocycles. The number of likely N-dealkylation sites (tertiary alicyclic amines) is 1. The van der Waals surface area contributed by atoms with Gasteiger partial charge >= 0.3 is 0 Å². The number of carbonyl (C=O) groups is 1. The van der Waals surface area contributed by atoms with Crippen molar-refractivity contribution in [1.29, 1.82) is 0 Å². The highest BCUT2D eigenvalue weighted by Crippen LogP contribution is 2.32. The van der Waals surface area contributed by atoms with Crippen LogP contribution in [0.25, 0.3) is 10.9 Å². The molecule has 1 atom stereocenters. The molecule has 3 heterocycles. The summed E-state index contributed by atoms with van der Waals surface area (Å²) in [4.78, 5) is 31.9. The van der Waals surface area contributed by atoms with Gasteiger partial charge in [0, 0.05) is 12.6 Å². The first kappa shape index (κ1) is 16.5. The second-order valence-electron chi connectivity index (χ2n) is 6.20. The Labute approximate surface area is 148 Å². The lowest BCUT2D eigenvalue weighted by Gasteiger charge is -2.25. The molecule has 0 saturated carbocycles. The zero-order valence-corrected chi connectivity index (χ0v) is 14.0. The van der Waals surface area contributed by atoms with Gasteiger partial charge in [0.1, 0.15) is 5.82 Å². The summed E-state index contributed by atoms with van der Waals surface area (Å²) in [6, 6.07) is 8.27. The fourth-order valence-corrected chi connectivity index (χ4v) is 3.50. The van der Waals surface area contributed by atoms with Crippen LogP contribution >= 0.6 is 0 Å². The molecule has 1 fully saturated rings. The Morgan fingerprint density at radius 3 is 2.92 bits per heavy atom. The number of fused-ring (bicyclic) bond motifs is 1. The summed E-state index contributed by atoms with van der Waals surface area (Å²) in [5, 5.41) is 13.5. The maximum atomic E-state index is 12.9. The topological polar surface area (TPSA) is 101 Å². The predicted octanol–water partition coefficient (Wildman–Crippen LogP) is 1.35. The average Bonchev–Trinajstić information content (AvgIpc) is 3.35. The Morgan fingerprint density at radius 1 is 1.31 bits per heavy atom. The summed E-state index contributed by atoms with van der Waals surface area (Å²) in [6.45, 7) is 0.495. The van der Waals surface area contributed by atoms with Crippen molar-refractivity contribution in [3.05, 3.63) is 58.5 Å². The molecule has 8 heteroatoms. The summed E-state index contributed by atoms with van der Waals surface area (Å²) < 4.78 is 6.46. The molecule has 1 saturated heterocycles. The van der Waals surface area contributed by atoms with Gasteiger partial charge in [-0.15, -0.1) is 0 Å². The lowest BCUT2D eigenvalue weighted by molar-refractivity contribution is 0.0683. The van der Waals surface area contributed by atoms with Crippen molar-refractivity contribution in [2.75, 3.05) is 13.2 Å². The SMILES string of the molecule is O=C(c1ccno1)N1CCCC1c1nc2ccccc2c(=O)n1CCO. The van der Waals surface area contributed by atoms with Crippen LogP contribution in [-0.4, -0.2) is 43.8 Å². The lowest BCUT2D eigenvalue weighted by Crippen LogP contribution is -2.36. The number of aromatic nitrogens is 3. The molecule has 1 unspecified atom stereocenters. The van der Waals surface area contributed by atoms with Crippen molar-refractivity contribution in [2.24, 2.45) is 0 Å². The number of benzene rings is 1. The molecule has 0 spiro atoms. The monoisotopic (exact) mass is 354 g/mol. The first-order valence-corrected chi connectivity index (χ1v) is 8.52. The van der Waals surface area contributed by atoms with Crippen molar-refractivity contribution < 1.29 is 14.4 Å². The Hall–Kier alpha value is -3.00. The Bertz CT molecular complexity index is 996. The van der Waals surface area contributed by atoms with Crippen LogP contribution in [0.5, 0.6) is 0 Å². The molecule has 0 aliphatic carbocycles. The molecule has 1 aliphatic rings. The first-order valence-electron chi connectivity index (χ1n) is 8.52. The number of aliphatic hydroxyl groups excluding tert-OH is 1. The summed E-state index contributed by atoms with van der Waals surface area (Å²) in [5.41, 5.74) is 0.374. The Morgan fingerprint density at radius 2 is 2.15 bits per heavy atom. The molecule has 26 heavy (non-hydrogen) atoms. The van der Waals surface area contributed by atoms with E-state index in [2.05, 4.69) is 10.1 Å². The highest BCUT2D eigenvalue weighted by Gasteiger charge is 2.35.